The Hall–Kier alpha value is -1.74. The van der Waals surface area contributed by atoms with Crippen molar-refractivity contribution in [2.45, 2.75) is 26.8 Å². The number of hydrogen-bond acceptors (Lipinski definition) is 1. The van der Waals surface area contributed by atoms with Crippen LogP contribution in [0.25, 0.3) is 0 Å². The molecule has 3 heteroatoms. The molecule has 0 fully saturated rings. The zero-order chi connectivity index (χ0) is 14.2. The van der Waals surface area contributed by atoms with Gasteiger partial charge in [-0.15, -0.1) is 0 Å². The maximum atomic E-state index is 13.8. The third-order valence-electron chi connectivity index (χ3n) is 3.35. The molecule has 2 rings (SSSR count). The number of nitrogens with two attached hydrogens (primary N) is 1. The van der Waals surface area contributed by atoms with Crippen molar-refractivity contribution in [3.63, 3.8) is 0 Å². The normalized spacial score (nSPS) is 12.5. The molecule has 1 nitrogen and oxygen atoms in total. The summed E-state index contributed by atoms with van der Waals surface area (Å²) in [6, 6.07) is 6.97. The summed E-state index contributed by atoms with van der Waals surface area (Å²) in [5.41, 5.74) is 10.6. The van der Waals surface area contributed by atoms with Crippen LogP contribution in [-0.2, 0) is 0 Å². The van der Waals surface area contributed by atoms with Gasteiger partial charge in [-0.2, -0.15) is 0 Å². The van der Waals surface area contributed by atoms with E-state index in [1.165, 1.54) is 12.1 Å². The first kappa shape index (κ1) is 13.7. The minimum absolute atomic E-state index is 0.316. The Labute approximate surface area is 112 Å². The maximum Gasteiger partial charge on any atom is 0.131 e. The van der Waals surface area contributed by atoms with E-state index in [-0.39, 0.29) is 0 Å². The fourth-order valence-corrected chi connectivity index (χ4v) is 2.59. The zero-order valence-corrected chi connectivity index (χ0v) is 11.3. The van der Waals surface area contributed by atoms with Crippen LogP contribution in [0.15, 0.2) is 30.3 Å². The first-order chi connectivity index (χ1) is 8.90. The second-order valence-electron chi connectivity index (χ2n) is 4.96. The van der Waals surface area contributed by atoms with E-state index in [1.54, 1.807) is 0 Å². The fourth-order valence-electron chi connectivity index (χ4n) is 2.59. The van der Waals surface area contributed by atoms with Gasteiger partial charge in [0.25, 0.3) is 0 Å². The molecule has 0 heterocycles. The van der Waals surface area contributed by atoms with Crippen LogP contribution < -0.4 is 5.73 Å². The number of rotatable bonds is 2. The second kappa shape index (κ2) is 5.10. The Kier molecular flexibility index (Phi) is 3.67. The van der Waals surface area contributed by atoms with Gasteiger partial charge >= 0.3 is 0 Å². The van der Waals surface area contributed by atoms with Gasteiger partial charge in [-0.3, -0.25) is 0 Å². The van der Waals surface area contributed by atoms with Crippen molar-refractivity contribution in [3.05, 3.63) is 69.8 Å². The molecule has 19 heavy (non-hydrogen) atoms. The molecule has 2 aromatic rings. The van der Waals surface area contributed by atoms with Crippen LogP contribution in [0.1, 0.15) is 33.9 Å². The summed E-state index contributed by atoms with van der Waals surface area (Å²) in [4.78, 5) is 0. The van der Waals surface area contributed by atoms with E-state index in [9.17, 15) is 8.78 Å². The van der Waals surface area contributed by atoms with Gasteiger partial charge in [-0.1, -0.05) is 23.8 Å². The summed E-state index contributed by atoms with van der Waals surface area (Å²) in [6.07, 6.45) is 0. The van der Waals surface area contributed by atoms with Crippen molar-refractivity contribution >= 4 is 0 Å². The molecule has 0 aliphatic rings. The minimum atomic E-state index is -0.605. The summed E-state index contributed by atoms with van der Waals surface area (Å²) < 4.78 is 26.8. The molecule has 0 aliphatic heterocycles. The smallest absolute Gasteiger partial charge is 0.131 e. The summed E-state index contributed by atoms with van der Waals surface area (Å²) in [5.74, 6) is -1.20. The van der Waals surface area contributed by atoms with Gasteiger partial charge in [0.2, 0.25) is 0 Å². The molecule has 2 aromatic carbocycles. The Morgan fingerprint density at radius 1 is 0.947 bits per heavy atom. The van der Waals surface area contributed by atoms with Gasteiger partial charge in [0.15, 0.2) is 0 Å². The summed E-state index contributed by atoms with van der Waals surface area (Å²) in [5, 5.41) is 0. The average Bonchev–Trinajstić information content (AvgIpc) is 2.26. The summed E-state index contributed by atoms with van der Waals surface area (Å²) in [7, 11) is 0. The quantitative estimate of drug-likeness (QED) is 0.870. The third-order valence-corrected chi connectivity index (χ3v) is 3.35. The molecular formula is C16H17F2N. The highest BCUT2D eigenvalue weighted by Crippen LogP contribution is 2.28. The van der Waals surface area contributed by atoms with E-state index in [4.69, 9.17) is 5.73 Å². The number of benzene rings is 2. The first-order valence-electron chi connectivity index (χ1n) is 6.18. The molecule has 0 radical (unpaired) electrons. The number of hydrogen-bond donors (Lipinski definition) is 1. The highest BCUT2D eigenvalue weighted by Gasteiger charge is 2.18. The van der Waals surface area contributed by atoms with E-state index < -0.39 is 17.7 Å². The van der Waals surface area contributed by atoms with Crippen LogP contribution in [0.5, 0.6) is 0 Å². The summed E-state index contributed by atoms with van der Waals surface area (Å²) >= 11 is 0. The van der Waals surface area contributed by atoms with Gasteiger partial charge < -0.3 is 5.73 Å². The third kappa shape index (κ3) is 2.66. The Balaban J connectivity index is 2.53. The van der Waals surface area contributed by atoms with Crippen LogP contribution in [0.3, 0.4) is 0 Å². The molecule has 0 bridgehead atoms. The lowest BCUT2D eigenvalue weighted by Gasteiger charge is -2.19. The van der Waals surface area contributed by atoms with Crippen molar-refractivity contribution in [1.29, 1.82) is 0 Å². The molecule has 0 spiro atoms. The van der Waals surface area contributed by atoms with Crippen LogP contribution in [-0.4, -0.2) is 0 Å². The van der Waals surface area contributed by atoms with E-state index in [1.807, 2.05) is 32.9 Å². The van der Waals surface area contributed by atoms with Crippen molar-refractivity contribution < 1.29 is 8.78 Å². The first-order valence-corrected chi connectivity index (χ1v) is 6.18. The molecule has 1 unspecified atom stereocenters. The van der Waals surface area contributed by atoms with Crippen LogP contribution in [0.4, 0.5) is 8.78 Å². The van der Waals surface area contributed by atoms with Crippen molar-refractivity contribution in [3.8, 4) is 0 Å². The minimum Gasteiger partial charge on any atom is -0.320 e. The standard InChI is InChI=1S/C16H17F2N/c1-9-6-10(2)15(11(3)7-9)16(19)13-5-4-12(17)8-14(13)18/h4-8,16H,19H2,1-3H3. The van der Waals surface area contributed by atoms with Gasteiger partial charge in [-0.25, -0.2) is 8.78 Å². The Morgan fingerprint density at radius 2 is 1.53 bits per heavy atom. The van der Waals surface area contributed by atoms with E-state index >= 15 is 0 Å². The largest absolute Gasteiger partial charge is 0.320 e. The maximum absolute atomic E-state index is 13.8. The van der Waals surface area contributed by atoms with Gasteiger partial charge in [0.05, 0.1) is 6.04 Å². The van der Waals surface area contributed by atoms with Gasteiger partial charge in [0, 0.05) is 11.6 Å². The number of halogens is 2. The molecular weight excluding hydrogens is 244 g/mol. The van der Waals surface area contributed by atoms with Gasteiger partial charge in [0.1, 0.15) is 11.6 Å². The van der Waals surface area contributed by atoms with E-state index in [0.717, 1.165) is 28.3 Å². The SMILES string of the molecule is Cc1cc(C)c(C(N)c2ccc(F)cc2F)c(C)c1. The van der Waals surface area contributed by atoms with Crippen molar-refractivity contribution in [2.75, 3.05) is 0 Å². The highest BCUT2D eigenvalue weighted by atomic mass is 19.1. The predicted molar refractivity (Wildman–Crippen MR) is 73.0 cm³/mol. The average molecular weight is 261 g/mol. The lowest BCUT2D eigenvalue weighted by atomic mass is 9.90. The van der Waals surface area contributed by atoms with Gasteiger partial charge in [-0.05, 0) is 43.5 Å². The second-order valence-corrected chi connectivity index (χ2v) is 4.96. The van der Waals surface area contributed by atoms with Crippen LogP contribution in [0.2, 0.25) is 0 Å². The highest BCUT2D eigenvalue weighted by molar-refractivity contribution is 5.44. The van der Waals surface area contributed by atoms with Crippen LogP contribution >= 0.6 is 0 Å². The molecule has 0 saturated carbocycles. The van der Waals surface area contributed by atoms with Crippen LogP contribution in [0, 0.1) is 32.4 Å². The number of aryl methyl sites for hydroxylation is 3. The molecule has 1 atom stereocenters. The molecule has 0 saturated heterocycles. The lowest BCUT2D eigenvalue weighted by Crippen LogP contribution is -2.16. The molecule has 0 aliphatic carbocycles. The van der Waals surface area contributed by atoms with Crippen molar-refractivity contribution in [1.82, 2.24) is 0 Å². The molecule has 0 aromatic heterocycles. The predicted octanol–water partition coefficient (Wildman–Crippen LogP) is 3.94. The molecule has 2 N–H and O–H groups in total. The molecule has 100 valence electrons. The lowest BCUT2D eigenvalue weighted by molar-refractivity contribution is 0.565. The summed E-state index contributed by atoms with van der Waals surface area (Å²) in [6.45, 7) is 5.92. The Morgan fingerprint density at radius 3 is 2.05 bits per heavy atom. The zero-order valence-electron chi connectivity index (χ0n) is 11.3. The topological polar surface area (TPSA) is 26.0 Å². The van der Waals surface area contributed by atoms with E-state index in [0.29, 0.717) is 5.56 Å². The molecule has 0 amide bonds. The van der Waals surface area contributed by atoms with E-state index in [2.05, 4.69) is 0 Å². The Bertz CT molecular complexity index is 597. The van der Waals surface area contributed by atoms with Crippen molar-refractivity contribution in [2.24, 2.45) is 5.73 Å². The fraction of sp³-hybridized carbons (Fsp3) is 0.250. The monoisotopic (exact) mass is 261 g/mol.